The Bertz CT molecular complexity index is 1360. The van der Waals surface area contributed by atoms with Crippen LogP contribution in [0.5, 0.6) is 5.75 Å². The van der Waals surface area contributed by atoms with Crippen molar-refractivity contribution in [2.24, 2.45) is 5.92 Å². The summed E-state index contributed by atoms with van der Waals surface area (Å²) in [5.41, 5.74) is 1.10. The Balaban J connectivity index is 2.01. The minimum Gasteiger partial charge on any atom is -0.497 e. The van der Waals surface area contributed by atoms with Crippen LogP contribution < -0.4 is 14.4 Å². The van der Waals surface area contributed by atoms with Crippen LogP contribution in [0.15, 0.2) is 83.8 Å². The topological polar surface area (TPSA) is 96.0 Å². The van der Waals surface area contributed by atoms with E-state index in [1.165, 1.54) is 29.2 Å². The van der Waals surface area contributed by atoms with Crippen LogP contribution in [0.4, 0.5) is 5.69 Å². The largest absolute Gasteiger partial charge is 0.497 e. The molecule has 1 N–H and O–H groups in total. The molecule has 0 bridgehead atoms. The number of nitrogens with one attached hydrogen (secondary N) is 1. The molecule has 0 saturated heterocycles. The first kappa shape index (κ1) is 31.0. The Morgan fingerprint density at radius 1 is 0.950 bits per heavy atom. The summed E-state index contributed by atoms with van der Waals surface area (Å²) in [6, 6.07) is 20.6. The minimum absolute atomic E-state index is 0.00280. The van der Waals surface area contributed by atoms with E-state index in [2.05, 4.69) is 5.32 Å². The fourth-order valence-corrected chi connectivity index (χ4v) is 5.67. The highest BCUT2D eigenvalue weighted by molar-refractivity contribution is 7.92. The van der Waals surface area contributed by atoms with Crippen molar-refractivity contribution < 1.29 is 22.7 Å². The molecule has 0 aliphatic heterocycles. The number of benzene rings is 3. The molecular formula is C30H36ClN3O5S. The second-order valence-electron chi connectivity index (χ2n) is 9.73. The summed E-state index contributed by atoms with van der Waals surface area (Å²) in [6.07, 6.45) is 0.348. The van der Waals surface area contributed by atoms with Gasteiger partial charge in [0.15, 0.2) is 0 Å². The van der Waals surface area contributed by atoms with E-state index in [9.17, 15) is 18.0 Å². The third-order valence-corrected chi connectivity index (χ3v) is 8.35. The molecular weight excluding hydrogens is 550 g/mol. The second kappa shape index (κ2) is 14.2. The summed E-state index contributed by atoms with van der Waals surface area (Å²) in [5.74, 6) is 0.0894. The van der Waals surface area contributed by atoms with Crippen LogP contribution >= 0.6 is 11.6 Å². The van der Waals surface area contributed by atoms with E-state index in [-0.39, 0.29) is 23.3 Å². The standard InChI is InChI=1S/C30H36ClN3O5S/c1-5-28(30(36)32-19-22(2)3)33(20-23-11-15-26(39-4)16-12-23)29(35)21-34(25-9-7-6-8-10-25)40(37,38)27-17-13-24(31)14-18-27/h6-18,22,28H,5,19-21H2,1-4H3,(H,32,36). The number of amides is 2. The van der Waals surface area contributed by atoms with Gasteiger partial charge in [-0.2, -0.15) is 0 Å². The number of halogens is 1. The lowest BCUT2D eigenvalue weighted by Crippen LogP contribution is -2.52. The van der Waals surface area contributed by atoms with E-state index >= 15 is 0 Å². The van der Waals surface area contributed by atoms with E-state index < -0.39 is 28.5 Å². The highest BCUT2D eigenvalue weighted by Crippen LogP contribution is 2.26. The van der Waals surface area contributed by atoms with Crippen molar-refractivity contribution in [3.05, 3.63) is 89.4 Å². The van der Waals surface area contributed by atoms with Crippen LogP contribution in [0.1, 0.15) is 32.8 Å². The van der Waals surface area contributed by atoms with Crippen LogP contribution in [-0.2, 0) is 26.2 Å². The first-order chi connectivity index (χ1) is 19.1. The van der Waals surface area contributed by atoms with Crippen molar-refractivity contribution in [1.29, 1.82) is 0 Å². The second-order valence-corrected chi connectivity index (χ2v) is 12.0. The molecule has 0 saturated carbocycles. The predicted octanol–water partition coefficient (Wildman–Crippen LogP) is 5.12. The van der Waals surface area contributed by atoms with Crippen LogP contribution in [0.2, 0.25) is 5.02 Å². The maximum Gasteiger partial charge on any atom is 0.264 e. The SMILES string of the molecule is CCC(C(=O)NCC(C)C)N(Cc1ccc(OC)cc1)C(=O)CN(c1ccccc1)S(=O)(=O)c1ccc(Cl)cc1. The highest BCUT2D eigenvalue weighted by Gasteiger charge is 2.33. The Labute approximate surface area is 241 Å². The van der Waals surface area contributed by atoms with Gasteiger partial charge in [-0.3, -0.25) is 13.9 Å². The van der Waals surface area contributed by atoms with Gasteiger partial charge >= 0.3 is 0 Å². The van der Waals surface area contributed by atoms with Crippen molar-refractivity contribution in [1.82, 2.24) is 10.2 Å². The minimum atomic E-state index is -4.15. The molecule has 3 rings (SSSR count). The molecule has 3 aromatic rings. The van der Waals surface area contributed by atoms with Crippen molar-refractivity contribution in [3.8, 4) is 5.75 Å². The maximum atomic E-state index is 14.0. The van der Waals surface area contributed by atoms with Gasteiger partial charge in [-0.1, -0.05) is 62.7 Å². The average molecular weight is 586 g/mol. The van der Waals surface area contributed by atoms with Crippen molar-refractivity contribution >= 4 is 39.1 Å². The van der Waals surface area contributed by atoms with Gasteiger partial charge in [-0.15, -0.1) is 0 Å². The van der Waals surface area contributed by atoms with Gasteiger partial charge in [0.25, 0.3) is 10.0 Å². The van der Waals surface area contributed by atoms with E-state index in [1.54, 1.807) is 49.6 Å². The van der Waals surface area contributed by atoms with E-state index in [1.807, 2.05) is 32.9 Å². The molecule has 2 amide bonds. The monoisotopic (exact) mass is 585 g/mol. The first-order valence-electron chi connectivity index (χ1n) is 13.1. The predicted molar refractivity (Wildman–Crippen MR) is 158 cm³/mol. The lowest BCUT2D eigenvalue weighted by Gasteiger charge is -2.33. The van der Waals surface area contributed by atoms with Crippen LogP contribution in [-0.4, -0.2) is 51.4 Å². The zero-order valence-corrected chi connectivity index (χ0v) is 24.8. The van der Waals surface area contributed by atoms with Gasteiger partial charge in [0.2, 0.25) is 11.8 Å². The summed E-state index contributed by atoms with van der Waals surface area (Å²) in [7, 11) is -2.58. The molecule has 0 fully saturated rings. The van der Waals surface area contributed by atoms with E-state index in [4.69, 9.17) is 16.3 Å². The number of carbonyl (C=O) groups excluding carboxylic acids is 2. The molecule has 0 aliphatic rings. The number of ether oxygens (including phenoxy) is 1. The Kier molecular flexibility index (Phi) is 11.0. The van der Waals surface area contributed by atoms with Crippen molar-refractivity contribution in [3.63, 3.8) is 0 Å². The summed E-state index contributed by atoms with van der Waals surface area (Å²) in [5, 5.41) is 3.32. The summed E-state index contributed by atoms with van der Waals surface area (Å²) < 4.78 is 33.9. The smallest absolute Gasteiger partial charge is 0.264 e. The number of rotatable bonds is 13. The molecule has 40 heavy (non-hydrogen) atoms. The van der Waals surface area contributed by atoms with Crippen LogP contribution in [0.25, 0.3) is 0 Å². The molecule has 0 aromatic heterocycles. The van der Waals surface area contributed by atoms with Gasteiger partial charge in [0, 0.05) is 18.1 Å². The summed E-state index contributed by atoms with van der Waals surface area (Å²) in [4.78, 5) is 28.7. The molecule has 0 spiro atoms. The normalized spacial score (nSPS) is 12.1. The first-order valence-corrected chi connectivity index (χ1v) is 14.9. The van der Waals surface area contributed by atoms with Gasteiger partial charge < -0.3 is 15.0 Å². The Morgan fingerprint density at radius 3 is 2.12 bits per heavy atom. The number of anilines is 1. The molecule has 8 nitrogen and oxygen atoms in total. The number of carbonyl (C=O) groups is 2. The third-order valence-electron chi connectivity index (χ3n) is 6.31. The fourth-order valence-electron chi connectivity index (χ4n) is 4.13. The van der Waals surface area contributed by atoms with Crippen molar-refractivity contribution in [2.75, 3.05) is 24.5 Å². The summed E-state index contributed by atoms with van der Waals surface area (Å²) >= 11 is 5.99. The van der Waals surface area contributed by atoms with Crippen LogP contribution in [0.3, 0.4) is 0 Å². The van der Waals surface area contributed by atoms with E-state index in [0.29, 0.717) is 29.4 Å². The van der Waals surface area contributed by atoms with Gasteiger partial charge in [0.05, 0.1) is 17.7 Å². The highest BCUT2D eigenvalue weighted by atomic mass is 35.5. The molecule has 1 unspecified atom stereocenters. The third kappa shape index (κ3) is 7.99. The average Bonchev–Trinajstić information content (AvgIpc) is 2.95. The number of methoxy groups -OCH3 is 1. The van der Waals surface area contributed by atoms with Gasteiger partial charge in [-0.25, -0.2) is 8.42 Å². The lowest BCUT2D eigenvalue weighted by molar-refractivity contribution is -0.140. The summed E-state index contributed by atoms with van der Waals surface area (Å²) in [6.45, 7) is 5.87. The number of hydrogen-bond acceptors (Lipinski definition) is 5. The fraction of sp³-hybridized carbons (Fsp3) is 0.333. The number of nitrogens with zero attached hydrogens (tertiary/aromatic N) is 2. The maximum absolute atomic E-state index is 14.0. The Morgan fingerprint density at radius 2 is 1.57 bits per heavy atom. The molecule has 0 aliphatic carbocycles. The van der Waals surface area contributed by atoms with Crippen molar-refractivity contribution in [2.45, 2.75) is 44.7 Å². The molecule has 1 atom stereocenters. The zero-order chi connectivity index (χ0) is 29.3. The zero-order valence-electron chi connectivity index (χ0n) is 23.2. The molecule has 10 heteroatoms. The lowest BCUT2D eigenvalue weighted by atomic mass is 10.1. The number of hydrogen-bond donors (Lipinski definition) is 1. The molecule has 3 aromatic carbocycles. The van der Waals surface area contributed by atoms with E-state index in [0.717, 1.165) is 9.87 Å². The molecule has 0 radical (unpaired) electrons. The van der Waals surface area contributed by atoms with Crippen LogP contribution in [0, 0.1) is 5.92 Å². The number of sulfonamides is 1. The Hall–Kier alpha value is -3.56. The van der Waals surface area contributed by atoms with Gasteiger partial charge in [-0.05, 0) is 66.4 Å². The van der Waals surface area contributed by atoms with Gasteiger partial charge in [0.1, 0.15) is 18.3 Å². The molecule has 0 heterocycles. The number of para-hydroxylation sites is 1. The molecule has 214 valence electrons. The quantitative estimate of drug-likeness (QED) is 0.300.